The summed E-state index contributed by atoms with van der Waals surface area (Å²) in [5, 5.41) is 20.8. The van der Waals surface area contributed by atoms with Crippen molar-refractivity contribution in [3.8, 4) is 0 Å². The smallest absolute Gasteiger partial charge is 0.0604 e. The molecule has 2 bridgehead atoms. The van der Waals surface area contributed by atoms with Crippen molar-refractivity contribution in [2.24, 2.45) is 22.2 Å². The Kier molecular flexibility index (Phi) is 2.30. The standard InChI is InChI=1S/C15H26O2/c1-13(2)8-12(17)15-7-5-11(16)14(3,9-15)6-4-10(13)15/h10-12,16-17H,4-9H2,1-3H3/t10-,11-,12+,14+,15-/m1/s1. The predicted octanol–water partition coefficient (Wildman–Crippen LogP) is 2.72. The summed E-state index contributed by atoms with van der Waals surface area (Å²) in [5.74, 6) is 0.658. The highest BCUT2D eigenvalue weighted by Crippen LogP contribution is 2.68. The van der Waals surface area contributed by atoms with Crippen LogP contribution in [-0.4, -0.2) is 22.4 Å². The van der Waals surface area contributed by atoms with Crippen LogP contribution in [0.15, 0.2) is 0 Å². The van der Waals surface area contributed by atoms with E-state index >= 15 is 0 Å². The molecule has 0 unspecified atom stereocenters. The second-order valence-electron chi connectivity index (χ2n) is 7.92. The number of aliphatic hydroxyl groups is 2. The van der Waals surface area contributed by atoms with Gasteiger partial charge < -0.3 is 10.2 Å². The molecule has 2 N–H and O–H groups in total. The molecule has 0 aromatic rings. The van der Waals surface area contributed by atoms with E-state index in [1.165, 1.54) is 6.42 Å². The molecule has 0 aromatic carbocycles. The molecule has 3 aliphatic carbocycles. The van der Waals surface area contributed by atoms with Gasteiger partial charge in [-0.1, -0.05) is 20.8 Å². The summed E-state index contributed by atoms with van der Waals surface area (Å²) in [7, 11) is 0. The van der Waals surface area contributed by atoms with Crippen LogP contribution >= 0.6 is 0 Å². The maximum absolute atomic E-state index is 10.6. The van der Waals surface area contributed by atoms with E-state index < -0.39 is 0 Å². The molecule has 3 aliphatic rings. The number of aliphatic hydroxyl groups excluding tert-OH is 2. The topological polar surface area (TPSA) is 40.5 Å². The van der Waals surface area contributed by atoms with Crippen molar-refractivity contribution in [1.29, 1.82) is 0 Å². The summed E-state index contributed by atoms with van der Waals surface area (Å²) < 4.78 is 0. The highest BCUT2D eigenvalue weighted by molar-refractivity contribution is 5.14. The highest BCUT2D eigenvalue weighted by Gasteiger charge is 2.64. The molecule has 0 aliphatic heterocycles. The van der Waals surface area contributed by atoms with Gasteiger partial charge in [-0.25, -0.2) is 0 Å². The molecule has 3 saturated carbocycles. The van der Waals surface area contributed by atoms with Crippen molar-refractivity contribution >= 4 is 0 Å². The van der Waals surface area contributed by atoms with Crippen molar-refractivity contribution < 1.29 is 10.2 Å². The molecular formula is C15H26O2. The van der Waals surface area contributed by atoms with E-state index in [2.05, 4.69) is 20.8 Å². The van der Waals surface area contributed by atoms with Gasteiger partial charge in [-0.2, -0.15) is 0 Å². The Labute approximate surface area is 104 Å². The average molecular weight is 238 g/mol. The van der Waals surface area contributed by atoms with Crippen LogP contribution in [0.1, 0.15) is 59.3 Å². The maximum Gasteiger partial charge on any atom is 0.0604 e. The Morgan fingerprint density at radius 3 is 2.35 bits per heavy atom. The lowest BCUT2D eigenvalue weighted by atomic mass is 9.49. The molecule has 0 saturated heterocycles. The van der Waals surface area contributed by atoms with Crippen LogP contribution in [0.4, 0.5) is 0 Å². The van der Waals surface area contributed by atoms with Crippen LogP contribution in [0, 0.1) is 22.2 Å². The first kappa shape index (κ1) is 12.0. The second-order valence-corrected chi connectivity index (χ2v) is 7.92. The van der Waals surface area contributed by atoms with E-state index in [-0.39, 0.29) is 28.5 Å². The fraction of sp³-hybridized carbons (Fsp3) is 1.00. The highest BCUT2D eigenvalue weighted by atomic mass is 16.3. The van der Waals surface area contributed by atoms with E-state index in [4.69, 9.17) is 0 Å². The van der Waals surface area contributed by atoms with E-state index in [9.17, 15) is 10.2 Å². The van der Waals surface area contributed by atoms with E-state index in [1.54, 1.807) is 0 Å². The summed E-state index contributed by atoms with van der Waals surface area (Å²) in [5.41, 5.74) is 0.467. The molecule has 5 atom stereocenters. The summed E-state index contributed by atoms with van der Waals surface area (Å²) >= 11 is 0. The van der Waals surface area contributed by atoms with Crippen LogP contribution in [0.25, 0.3) is 0 Å². The van der Waals surface area contributed by atoms with E-state index in [1.807, 2.05) is 0 Å². The minimum absolute atomic E-state index is 0.0656. The fourth-order valence-corrected chi connectivity index (χ4v) is 5.56. The number of hydrogen-bond acceptors (Lipinski definition) is 2. The lowest BCUT2D eigenvalue weighted by Gasteiger charge is -2.57. The van der Waals surface area contributed by atoms with Gasteiger partial charge in [0.25, 0.3) is 0 Å². The summed E-state index contributed by atoms with van der Waals surface area (Å²) in [6.07, 6.45) is 5.94. The summed E-state index contributed by atoms with van der Waals surface area (Å²) in [6.45, 7) is 6.87. The molecule has 98 valence electrons. The van der Waals surface area contributed by atoms with E-state index in [0.717, 1.165) is 32.1 Å². The molecule has 0 heterocycles. The third-order valence-electron chi connectivity index (χ3n) is 6.45. The van der Waals surface area contributed by atoms with Crippen molar-refractivity contribution in [3.05, 3.63) is 0 Å². The fourth-order valence-electron chi connectivity index (χ4n) is 5.56. The first-order chi connectivity index (χ1) is 7.80. The number of fused-ring (bicyclic) bond motifs is 1. The van der Waals surface area contributed by atoms with Gasteiger partial charge >= 0.3 is 0 Å². The molecule has 0 radical (unpaired) electrons. The van der Waals surface area contributed by atoms with Gasteiger partial charge in [0.1, 0.15) is 0 Å². The van der Waals surface area contributed by atoms with Gasteiger partial charge in [-0.3, -0.25) is 0 Å². The molecule has 1 spiro atoms. The third-order valence-corrected chi connectivity index (χ3v) is 6.45. The quantitative estimate of drug-likeness (QED) is 0.681. The SMILES string of the molecule is CC1(C)C[C@H](O)[C@@]23CC[C@@H](O)[C@@](C)(CC[C@H]12)C3. The van der Waals surface area contributed by atoms with Gasteiger partial charge in [0, 0.05) is 5.41 Å². The molecular weight excluding hydrogens is 212 g/mol. The van der Waals surface area contributed by atoms with Crippen LogP contribution in [0.2, 0.25) is 0 Å². The Bertz CT molecular complexity index is 338. The van der Waals surface area contributed by atoms with Gasteiger partial charge in [0.15, 0.2) is 0 Å². The monoisotopic (exact) mass is 238 g/mol. The van der Waals surface area contributed by atoms with Gasteiger partial charge in [0.2, 0.25) is 0 Å². The van der Waals surface area contributed by atoms with Gasteiger partial charge in [-0.15, -0.1) is 0 Å². The van der Waals surface area contributed by atoms with Crippen LogP contribution in [0.5, 0.6) is 0 Å². The average Bonchev–Trinajstić information content (AvgIpc) is 2.41. The first-order valence-electron chi connectivity index (χ1n) is 7.16. The van der Waals surface area contributed by atoms with Crippen LogP contribution < -0.4 is 0 Å². The molecule has 2 nitrogen and oxygen atoms in total. The molecule has 3 rings (SSSR count). The Morgan fingerprint density at radius 1 is 0.941 bits per heavy atom. The Morgan fingerprint density at radius 2 is 1.65 bits per heavy atom. The second kappa shape index (κ2) is 3.27. The zero-order chi connectivity index (χ0) is 12.5. The summed E-state index contributed by atoms with van der Waals surface area (Å²) in [4.78, 5) is 0. The summed E-state index contributed by atoms with van der Waals surface area (Å²) in [6, 6.07) is 0. The van der Waals surface area contributed by atoms with Crippen molar-refractivity contribution in [1.82, 2.24) is 0 Å². The lowest BCUT2D eigenvalue weighted by Crippen LogP contribution is -2.54. The molecule has 0 amide bonds. The Balaban J connectivity index is 2.00. The largest absolute Gasteiger partial charge is 0.393 e. The minimum atomic E-state index is -0.148. The zero-order valence-corrected chi connectivity index (χ0v) is 11.4. The van der Waals surface area contributed by atoms with Crippen molar-refractivity contribution in [3.63, 3.8) is 0 Å². The van der Waals surface area contributed by atoms with Crippen molar-refractivity contribution in [2.45, 2.75) is 71.5 Å². The van der Waals surface area contributed by atoms with Gasteiger partial charge in [-0.05, 0) is 55.3 Å². The van der Waals surface area contributed by atoms with Crippen LogP contribution in [-0.2, 0) is 0 Å². The number of hydrogen-bond donors (Lipinski definition) is 2. The van der Waals surface area contributed by atoms with Crippen molar-refractivity contribution in [2.75, 3.05) is 0 Å². The minimum Gasteiger partial charge on any atom is -0.393 e. The molecule has 0 aromatic heterocycles. The predicted molar refractivity (Wildman–Crippen MR) is 67.5 cm³/mol. The molecule has 2 heteroatoms. The first-order valence-corrected chi connectivity index (χ1v) is 7.16. The zero-order valence-electron chi connectivity index (χ0n) is 11.4. The number of rotatable bonds is 0. The maximum atomic E-state index is 10.6. The third kappa shape index (κ3) is 1.40. The molecule has 3 fully saturated rings. The van der Waals surface area contributed by atoms with Gasteiger partial charge in [0.05, 0.1) is 12.2 Å². The lowest BCUT2D eigenvalue weighted by molar-refractivity contribution is -0.144. The van der Waals surface area contributed by atoms with E-state index in [0.29, 0.717) is 5.92 Å². The van der Waals surface area contributed by atoms with Crippen LogP contribution in [0.3, 0.4) is 0 Å². The molecule has 17 heavy (non-hydrogen) atoms. The normalized spacial score (nSPS) is 56.6. The Hall–Kier alpha value is -0.0800.